The van der Waals surface area contributed by atoms with E-state index in [1.54, 1.807) is 18.1 Å². The molecule has 0 saturated carbocycles. The Morgan fingerprint density at radius 2 is 2.17 bits per heavy atom. The number of hydrogen-bond acceptors (Lipinski definition) is 7. The Morgan fingerprint density at radius 3 is 2.83 bits per heavy atom. The Balaban J connectivity index is 2.20. The summed E-state index contributed by atoms with van der Waals surface area (Å²) in [4.78, 5) is 13.0. The number of aromatic nitrogens is 4. The lowest BCUT2D eigenvalue weighted by Crippen LogP contribution is -2.03. The predicted molar refractivity (Wildman–Crippen MR) is 74.3 cm³/mol. The lowest BCUT2D eigenvalue weighted by Gasteiger charge is -2.08. The summed E-state index contributed by atoms with van der Waals surface area (Å²) in [6.45, 7) is 6.96. The average molecular weight is 281 g/mol. The largest absolute Gasteiger partial charge is 0.370 e. The van der Waals surface area contributed by atoms with E-state index in [0.717, 1.165) is 39.5 Å². The summed E-state index contributed by atoms with van der Waals surface area (Å²) in [6.07, 6.45) is 2.44. The fourth-order valence-electron chi connectivity index (χ4n) is 1.39. The quantitative estimate of drug-likeness (QED) is 0.850. The monoisotopic (exact) mass is 281 g/mol. The van der Waals surface area contributed by atoms with Gasteiger partial charge >= 0.3 is 0 Å². The van der Waals surface area contributed by atoms with Crippen LogP contribution in [0.3, 0.4) is 0 Å². The molecule has 2 rings (SSSR count). The van der Waals surface area contributed by atoms with Crippen LogP contribution in [0.15, 0.2) is 15.7 Å². The van der Waals surface area contributed by atoms with E-state index >= 15 is 0 Å². The fourth-order valence-corrected chi connectivity index (χ4v) is 3.05. The highest BCUT2D eigenvalue weighted by atomic mass is 32.2. The number of nitrogens with zero attached hydrogens (tertiary/aromatic N) is 4. The molecular weight excluding hydrogens is 266 g/mol. The molecule has 5 nitrogen and oxygen atoms in total. The number of anilines is 1. The standard InChI is InChI=1S/C11H15N5S2/c1-4-8-15-11(18-16-8)17-10-7(3)9(12-5-2)13-6-14-10/h6H,4-5H2,1-3H3,(H,12,13,14). The van der Waals surface area contributed by atoms with E-state index in [-0.39, 0.29) is 0 Å². The lowest BCUT2D eigenvalue weighted by molar-refractivity contribution is 0.963. The topological polar surface area (TPSA) is 63.6 Å². The van der Waals surface area contributed by atoms with Gasteiger partial charge in [0.15, 0.2) is 4.34 Å². The molecule has 0 radical (unpaired) electrons. The summed E-state index contributed by atoms with van der Waals surface area (Å²) in [5.74, 6) is 1.77. The summed E-state index contributed by atoms with van der Waals surface area (Å²) < 4.78 is 5.20. The number of nitrogens with one attached hydrogen (secondary N) is 1. The molecule has 2 heterocycles. The van der Waals surface area contributed by atoms with Gasteiger partial charge in [0.25, 0.3) is 0 Å². The second-order valence-electron chi connectivity index (χ2n) is 3.61. The molecule has 7 heteroatoms. The zero-order valence-corrected chi connectivity index (χ0v) is 12.2. The molecule has 0 atom stereocenters. The predicted octanol–water partition coefficient (Wildman–Crippen LogP) is 2.78. The van der Waals surface area contributed by atoms with Crippen LogP contribution in [-0.2, 0) is 6.42 Å². The van der Waals surface area contributed by atoms with Crippen LogP contribution in [0.2, 0.25) is 0 Å². The second-order valence-corrected chi connectivity index (χ2v) is 5.60. The Labute approximate surface area is 115 Å². The zero-order valence-electron chi connectivity index (χ0n) is 10.6. The van der Waals surface area contributed by atoms with E-state index in [1.165, 1.54) is 11.5 Å². The van der Waals surface area contributed by atoms with Crippen LogP contribution < -0.4 is 5.32 Å². The molecule has 0 unspecified atom stereocenters. The third-order valence-corrected chi connectivity index (χ3v) is 4.23. The molecule has 1 N–H and O–H groups in total. The first-order valence-corrected chi connectivity index (χ1v) is 7.39. The van der Waals surface area contributed by atoms with Crippen molar-refractivity contribution in [1.29, 1.82) is 0 Å². The van der Waals surface area contributed by atoms with Crippen LogP contribution in [0, 0.1) is 6.92 Å². The van der Waals surface area contributed by atoms with Gasteiger partial charge in [0.05, 0.1) is 0 Å². The number of rotatable bonds is 5. The van der Waals surface area contributed by atoms with Crippen molar-refractivity contribution in [2.24, 2.45) is 0 Å². The van der Waals surface area contributed by atoms with Gasteiger partial charge in [-0.2, -0.15) is 4.37 Å². The smallest absolute Gasteiger partial charge is 0.176 e. The highest BCUT2D eigenvalue weighted by Crippen LogP contribution is 2.31. The van der Waals surface area contributed by atoms with E-state index in [9.17, 15) is 0 Å². The number of hydrogen-bond donors (Lipinski definition) is 1. The van der Waals surface area contributed by atoms with Crippen molar-refractivity contribution in [2.75, 3.05) is 11.9 Å². The van der Waals surface area contributed by atoms with Gasteiger partial charge in [-0.15, -0.1) is 0 Å². The average Bonchev–Trinajstić information content (AvgIpc) is 2.82. The highest BCUT2D eigenvalue weighted by molar-refractivity contribution is 8.00. The summed E-state index contributed by atoms with van der Waals surface area (Å²) in [6, 6.07) is 0. The van der Waals surface area contributed by atoms with Gasteiger partial charge in [-0.3, -0.25) is 0 Å². The Morgan fingerprint density at radius 1 is 1.33 bits per heavy atom. The minimum atomic E-state index is 0.848. The van der Waals surface area contributed by atoms with E-state index in [4.69, 9.17) is 0 Å². The highest BCUT2D eigenvalue weighted by Gasteiger charge is 2.11. The first-order valence-electron chi connectivity index (χ1n) is 5.80. The molecule has 96 valence electrons. The third-order valence-electron chi connectivity index (χ3n) is 2.33. The van der Waals surface area contributed by atoms with Crippen molar-refractivity contribution in [3.63, 3.8) is 0 Å². The van der Waals surface area contributed by atoms with E-state index in [1.807, 2.05) is 13.8 Å². The molecule has 0 fully saturated rings. The van der Waals surface area contributed by atoms with Crippen LogP contribution in [0.1, 0.15) is 25.2 Å². The normalized spacial score (nSPS) is 10.6. The molecule has 0 aliphatic carbocycles. The lowest BCUT2D eigenvalue weighted by atomic mass is 10.3. The third kappa shape index (κ3) is 2.97. The Bertz CT molecular complexity index is 526. The summed E-state index contributed by atoms with van der Waals surface area (Å²) in [5, 5.41) is 4.15. The van der Waals surface area contributed by atoms with Crippen LogP contribution >= 0.6 is 23.3 Å². The maximum absolute atomic E-state index is 4.43. The molecular formula is C11H15N5S2. The molecule has 0 bridgehead atoms. The molecule has 2 aromatic rings. The summed E-state index contributed by atoms with van der Waals surface area (Å²) >= 11 is 2.96. The van der Waals surface area contributed by atoms with Gasteiger partial charge < -0.3 is 5.32 Å². The first-order chi connectivity index (χ1) is 8.74. The van der Waals surface area contributed by atoms with Crippen LogP contribution in [-0.4, -0.2) is 25.9 Å². The van der Waals surface area contributed by atoms with Crippen molar-refractivity contribution in [3.8, 4) is 0 Å². The van der Waals surface area contributed by atoms with Gasteiger partial charge in [0, 0.05) is 18.5 Å². The van der Waals surface area contributed by atoms with Gasteiger partial charge in [-0.1, -0.05) is 6.92 Å². The summed E-state index contributed by atoms with van der Waals surface area (Å²) in [5.41, 5.74) is 1.05. The minimum absolute atomic E-state index is 0.848. The molecule has 0 saturated heterocycles. The molecule has 18 heavy (non-hydrogen) atoms. The van der Waals surface area contributed by atoms with Crippen LogP contribution in [0.5, 0.6) is 0 Å². The molecule has 0 aliphatic heterocycles. The Hall–Kier alpha value is -1.21. The maximum atomic E-state index is 4.43. The first kappa shape index (κ1) is 13.2. The fraction of sp³-hybridized carbons (Fsp3) is 0.455. The summed E-state index contributed by atoms with van der Waals surface area (Å²) in [7, 11) is 0. The van der Waals surface area contributed by atoms with Gasteiger partial charge in [0.2, 0.25) is 0 Å². The zero-order chi connectivity index (χ0) is 13.0. The van der Waals surface area contributed by atoms with Gasteiger partial charge in [0.1, 0.15) is 23.0 Å². The molecule has 0 aliphatic rings. The Kier molecular flexibility index (Phi) is 4.48. The second kappa shape index (κ2) is 6.10. The number of aryl methyl sites for hydroxylation is 1. The van der Waals surface area contributed by atoms with Crippen molar-refractivity contribution in [3.05, 3.63) is 17.7 Å². The van der Waals surface area contributed by atoms with Crippen molar-refractivity contribution >= 4 is 29.1 Å². The van der Waals surface area contributed by atoms with Gasteiger partial charge in [-0.25, -0.2) is 15.0 Å². The van der Waals surface area contributed by atoms with Gasteiger partial charge in [-0.05, 0) is 37.1 Å². The van der Waals surface area contributed by atoms with Crippen LogP contribution in [0.25, 0.3) is 0 Å². The van der Waals surface area contributed by atoms with E-state index < -0.39 is 0 Å². The van der Waals surface area contributed by atoms with Crippen molar-refractivity contribution < 1.29 is 0 Å². The SMILES string of the molecule is CCNc1ncnc(Sc2nc(CC)ns2)c1C. The van der Waals surface area contributed by atoms with E-state index in [0.29, 0.717) is 0 Å². The maximum Gasteiger partial charge on any atom is 0.176 e. The molecule has 0 amide bonds. The van der Waals surface area contributed by atoms with Crippen molar-refractivity contribution in [2.45, 2.75) is 36.6 Å². The molecule has 2 aromatic heterocycles. The minimum Gasteiger partial charge on any atom is -0.370 e. The van der Waals surface area contributed by atoms with Crippen LogP contribution in [0.4, 0.5) is 5.82 Å². The molecule has 0 aromatic carbocycles. The van der Waals surface area contributed by atoms with Crippen molar-refractivity contribution in [1.82, 2.24) is 19.3 Å². The van der Waals surface area contributed by atoms with E-state index in [2.05, 4.69) is 31.6 Å². The molecule has 0 spiro atoms.